The quantitative estimate of drug-likeness (QED) is 0.627. The molecule has 22 heavy (non-hydrogen) atoms. The van der Waals surface area contributed by atoms with Crippen LogP contribution in [0.3, 0.4) is 0 Å². The third-order valence-corrected chi connectivity index (χ3v) is 3.97. The molecule has 1 fully saturated rings. The van der Waals surface area contributed by atoms with Gasteiger partial charge in [-0.1, -0.05) is 48.0 Å². The van der Waals surface area contributed by atoms with E-state index in [-0.39, 0.29) is 6.10 Å². The van der Waals surface area contributed by atoms with E-state index < -0.39 is 0 Å². The molecule has 2 aromatic carbocycles. The molecule has 0 saturated carbocycles. The summed E-state index contributed by atoms with van der Waals surface area (Å²) in [6.07, 6.45) is 4.38. The maximum atomic E-state index is 6.03. The average molecular weight is 308 g/mol. The van der Waals surface area contributed by atoms with E-state index in [2.05, 4.69) is 41.4 Å². The van der Waals surface area contributed by atoms with Crippen LogP contribution in [0.5, 0.6) is 0 Å². The van der Waals surface area contributed by atoms with Crippen LogP contribution >= 0.6 is 11.6 Å². The standard InChI is InChI=1S/C19H14ClNO/c20-16-7-5-14-6-9-17(21-18(14)11-16)8-4-13-2-1-3-15(10-13)19-12-22-19/h1-11,19H,12H2/b8-4+/t19-/m1/s1. The molecular formula is C19H14ClNO. The Bertz CT molecular complexity index is 868. The molecule has 0 N–H and O–H groups in total. The highest BCUT2D eigenvalue weighted by molar-refractivity contribution is 6.31. The van der Waals surface area contributed by atoms with E-state index in [1.165, 1.54) is 5.56 Å². The number of benzene rings is 2. The van der Waals surface area contributed by atoms with E-state index in [0.29, 0.717) is 5.02 Å². The molecule has 0 bridgehead atoms. The van der Waals surface area contributed by atoms with Crippen molar-refractivity contribution in [1.82, 2.24) is 4.98 Å². The Kier molecular flexibility index (Phi) is 3.41. The smallest absolute Gasteiger partial charge is 0.106 e. The highest BCUT2D eigenvalue weighted by Gasteiger charge is 2.24. The Morgan fingerprint density at radius 2 is 1.91 bits per heavy atom. The lowest BCUT2D eigenvalue weighted by atomic mass is 10.1. The third-order valence-electron chi connectivity index (χ3n) is 3.74. The second-order valence-corrected chi connectivity index (χ2v) is 5.84. The lowest BCUT2D eigenvalue weighted by molar-refractivity contribution is 0.415. The zero-order valence-electron chi connectivity index (χ0n) is 11.9. The number of epoxide rings is 1. The second-order valence-electron chi connectivity index (χ2n) is 5.40. The van der Waals surface area contributed by atoms with Gasteiger partial charge in [-0.05, 0) is 41.5 Å². The predicted octanol–water partition coefficient (Wildman–Crippen LogP) is 5.13. The van der Waals surface area contributed by atoms with Crippen LogP contribution in [0.15, 0.2) is 54.6 Å². The predicted molar refractivity (Wildman–Crippen MR) is 90.8 cm³/mol. The Labute approximate surface area is 134 Å². The first-order valence-corrected chi connectivity index (χ1v) is 7.62. The Balaban J connectivity index is 1.63. The molecule has 1 aliphatic heterocycles. The van der Waals surface area contributed by atoms with Gasteiger partial charge in [-0.2, -0.15) is 0 Å². The third kappa shape index (κ3) is 2.89. The number of fused-ring (bicyclic) bond motifs is 1. The Hall–Kier alpha value is -2.16. The van der Waals surface area contributed by atoms with Gasteiger partial charge in [0.05, 0.1) is 17.8 Å². The van der Waals surface area contributed by atoms with Crippen LogP contribution in [0, 0.1) is 0 Å². The molecule has 2 heterocycles. The van der Waals surface area contributed by atoms with E-state index in [0.717, 1.165) is 28.8 Å². The number of hydrogen-bond acceptors (Lipinski definition) is 2. The number of rotatable bonds is 3. The number of pyridine rings is 1. The minimum Gasteiger partial charge on any atom is -0.368 e. The van der Waals surface area contributed by atoms with Crippen LogP contribution < -0.4 is 0 Å². The molecule has 0 aliphatic carbocycles. The van der Waals surface area contributed by atoms with Crippen molar-refractivity contribution in [3.05, 3.63) is 76.4 Å². The van der Waals surface area contributed by atoms with Gasteiger partial charge in [0.15, 0.2) is 0 Å². The fourth-order valence-electron chi connectivity index (χ4n) is 2.48. The van der Waals surface area contributed by atoms with Gasteiger partial charge >= 0.3 is 0 Å². The van der Waals surface area contributed by atoms with Crippen LogP contribution in [-0.4, -0.2) is 11.6 Å². The number of ether oxygens (including phenoxy) is 1. The van der Waals surface area contributed by atoms with Crippen molar-refractivity contribution in [2.24, 2.45) is 0 Å². The summed E-state index contributed by atoms with van der Waals surface area (Å²) >= 11 is 6.03. The topological polar surface area (TPSA) is 25.4 Å². The minimum absolute atomic E-state index is 0.286. The van der Waals surface area contributed by atoms with Crippen molar-refractivity contribution in [1.29, 1.82) is 0 Å². The van der Waals surface area contributed by atoms with Crippen molar-refractivity contribution < 1.29 is 4.74 Å². The highest BCUT2D eigenvalue weighted by atomic mass is 35.5. The largest absolute Gasteiger partial charge is 0.368 e. The van der Waals surface area contributed by atoms with Crippen molar-refractivity contribution >= 4 is 34.7 Å². The number of aromatic nitrogens is 1. The van der Waals surface area contributed by atoms with Crippen LogP contribution in [0.1, 0.15) is 22.9 Å². The second kappa shape index (κ2) is 5.56. The SMILES string of the molecule is Clc1ccc2ccc(/C=C/c3cccc([C@H]4CO4)c3)nc2c1. The maximum Gasteiger partial charge on any atom is 0.106 e. The van der Waals surface area contributed by atoms with Gasteiger partial charge in [0, 0.05) is 10.4 Å². The van der Waals surface area contributed by atoms with Gasteiger partial charge in [0.1, 0.15) is 6.10 Å². The summed E-state index contributed by atoms with van der Waals surface area (Å²) in [6.45, 7) is 0.833. The minimum atomic E-state index is 0.286. The molecule has 1 saturated heterocycles. The summed E-state index contributed by atoms with van der Waals surface area (Å²) < 4.78 is 5.32. The first kappa shape index (κ1) is 13.5. The summed E-state index contributed by atoms with van der Waals surface area (Å²) in [5.41, 5.74) is 4.22. The van der Waals surface area contributed by atoms with Crippen molar-refractivity contribution in [2.45, 2.75) is 6.10 Å². The van der Waals surface area contributed by atoms with Crippen LogP contribution in [0.4, 0.5) is 0 Å². The monoisotopic (exact) mass is 307 g/mol. The van der Waals surface area contributed by atoms with Gasteiger partial charge in [0.25, 0.3) is 0 Å². The van der Waals surface area contributed by atoms with Gasteiger partial charge < -0.3 is 4.74 Å². The van der Waals surface area contributed by atoms with Crippen LogP contribution in [0.25, 0.3) is 23.1 Å². The average Bonchev–Trinajstić information content (AvgIpc) is 3.38. The number of hydrogen-bond donors (Lipinski definition) is 0. The van der Waals surface area contributed by atoms with Gasteiger partial charge in [-0.25, -0.2) is 4.98 Å². The number of nitrogens with zero attached hydrogens (tertiary/aromatic N) is 1. The molecule has 0 radical (unpaired) electrons. The van der Waals surface area contributed by atoms with Crippen LogP contribution in [0.2, 0.25) is 5.02 Å². The summed E-state index contributed by atoms with van der Waals surface area (Å²) in [7, 11) is 0. The fourth-order valence-corrected chi connectivity index (χ4v) is 2.65. The lowest BCUT2D eigenvalue weighted by Crippen LogP contribution is -1.84. The van der Waals surface area contributed by atoms with Gasteiger partial charge in [-0.15, -0.1) is 0 Å². The molecule has 2 nitrogen and oxygen atoms in total. The van der Waals surface area contributed by atoms with Crippen LogP contribution in [-0.2, 0) is 4.74 Å². The number of halogens is 1. The summed E-state index contributed by atoms with van der Waals surface area (Å²) in [5, 5.41) is 1.80. The Morgan fingerprint density at radius 1 is 1.05 bits per heavy atom. The molecule has 0 spiro atoms. The van der Waals surface area contributed by atoms with Crippen molar-refractivity contribution in [2.75, 3.05) is 6.61 Å². The Morgan fingerprint density at radius 3 is 2.77 bits per heavy atom. The zero-order chi connectivity index (χ0) is 14.9. The van der Waals surface area contributed by atoms with Gasteiger partial charge in [0.2, 0.25) is 0 Å². The van der Waals surface area contributed by atoms with Crippen molar-refractivity contribution in [3.8, 4) is 0 Å². The molecular weight excluding hydrogens is 294 g/mol. The molecule has 108 valence electrons. The molecule has 3 heteroatoms. The molecule has 0 amide bonds. The van der Waals surface area contributed by atoms with E-state index >= 15 is 0 Å². The van der Waals surface area contributed by atoms with Crippen molar-refractivity contribution in [3.63, 3.8) is 0 Å². The first-order valence-electron chi connectivity index (χ1n) is 7.24. The lowest BCUT2D eigenvalue weighted by Gasteiger charge is -2.01. The first-order chi connectivity index (χ1) is 10.8. The molecule has 1 atom stereocenters. The summed E-state index contributed by atoms with van der Waals surface area (Å²) in [6, 6.07) is 18.2. The van der Waals surface area contributed by atoms with Gasteiger partial charge in [-0.3, -0.25) is 0 Å². The fraction of sp³-hybridized carbons (Fsp3) is 0.105. The molecule has 1 aromatic heterocycles. The molecule has 4 rings (SSSR count). The van der Waals surface area contributed by atoms with E-state index in [4.69, 9.17) is 16.3 Å². The normalized spacial score (nSPS) is 17.2. The van der Waals surface area contributed by atoms with E-state index in [9.17, 15) is 0 Å². The summed E-state index contributed by atoms with van der Waals surface area (Å²) in [5.74, 6) is 0. The maximum absolute atomic E-state index is 6.03. The molecule has 1 aliphatic rings. The molecule has 0 unspecified atom stereocenters. The highest BCUT2D eigenvalue weighted by Crippen LogP contribution is 2.30. The molecule has 3 aromatic rings. The summed E-state index contributed by atoms with van der Waals surface area (Å²) in [4.78, 5) is 4.63. The van der Waals surface area contributed by atoms with E-state index in [1.54, 1.807) is 0 Å². The van der Waals surface area contributed by atoms with E-state index in [1.807, 2.05) is 30.3 Å². The zero-order valence-corrected chi connectivity index (χ0v) is 12.6.